The van der Waals surface area contributed by atoms with Gasteiger partial charge in [-0.2, -0.15) is 0 Å². The van der Waals surface area contributed by atoms with Gasteiger partial charge < -0.3 is 20.9 Å². The number of rotatable bonds is 6. The Morgan fingerprint density at radius 1 is 0.786 bits per heavy atom. The molecule has 4 fully saturated rings. The van der Waals surface area contributed by atoms with E-state index in [2.05, 4.69) is 30.8 Å². The molecule has 8 rings (SSSR count). The number of nitrogens with one attached hydrogen (secondary N) is 3. The first-order valence-electron chi connectivity index (χ1n) is 14.7. The van der Waals surface area contributed by atoms with Gasteiger partial charge in [-0.3, -0.25) is 19.6 Å². The molecule has 0 aromatic carbocycles. The lowest BCUT2D eigenvalue weighted by Gasteiger charge is -2.44. The van der Waals surface area contributed by atoms with Crippen molar-refractivity contribution in [1.29, 1.82) is 0 Å². The van der Waals surface area contributed by atoms with E-state index >= 15 is 0 Å². The SMILES string of the molecule is O=C(N[C@@H]1CCCNC1)c1ccc(-c2ccccn2)s1.O=C(N[C@H]1CN2CCC1CC2)c1ccc(-c2ccccn2)s1. The molecule has 8 heterocycles. The molecule has 8 nitrogen and oxygen atoms in total. The summed E-state index contributed by atoms with van der Waals surface area (Å²) in [5.74, 6) is 0.737. The Morgan fingerprint density at radius 2 is 1.40 bits per heavy atom. The van der Waals surface area contributed by atoms with Crippen LogP contribution in [0.4, 0.5) is 0 Å². The monoisotopic (exact) mass is 600 g/mol. The van der Waals surface area contributed by atoms with E-state index in [9.17, 15) is 9.59 Å². The highest BCUT2D eigenvalue weighted by molar-refractivity contribution is 7.17. The van der Waals surface area contributed by atoms with Crippen LogP contribution in [0.3, 0.4) is 0 Å². The number of carbonyl (C=O) groups is 2. The molecule has 4 aliphatic heterocycles. The topological polar surface area (TPSA) is 99.2 Å². The van der Waals surface area contributed by atoms with Gasteiger partial charge in [-0.25, -0.2) is 0 Å². The van der Waals surface area contributed by atoms with E-state index < -0.39 is 0 Å². The maximum atomic E-state index is 12.5. The zero-order chi connectivity index (χ0) is 28.7. The summed E-state index contributed by atoms with van der Waals surface area (Å²) in [6.07, 6.45) is 8.15. The summed E-state index contributed by atoms with van der Waals surface area (Å²) in [6, 6.07) is 19.9. The van der Waals surface area contributed by atoms with Crippen LogP contribution >= 0.6 is 22.7 Å². The van der Waals surface area contributed by atoms with Crippen molar-refractivity contribution in [2.24, 2.45) is 5.92 Å². The molecule has 218 valence electrons. The lowest BCUT2D eigenvalue weighted by atomic mass is 9.84. The molecule has 4 aromatic heterocycles. The Balaban J connectivity index is 0.000000151. The summed E-state index contributed by atoms with van der Waals surface area (Å²) in [7, 11) is 0. The number of piperidine rings is 4. The number of hydrogen-bond acceptors (Lipinski definition) is 8. The molecule has 3 N–H and O–H groups in total. The molecule has 0 aliphatic carbocycles. The zero-order valence-electron chi connectivity index (χ0n) is 23.5. The minimum Gasteiger partial charge on any atom is -0.347 e. The highest BCUT2D eigenvalue weighted by Crippen LogP contribution is 2.30. The summed E-state index contributed by atoms with van der Waals surface area (Å²) in [5, 5.41) is 9.63. The highest BCUT2D eigenvalue weighted by Gasteiger charge is 2.35. The van der Waals surface area contributed by atoms with E-state index in [1.807, 2.05) is 60.7 Å². The molecule has 42 heavy (non-hydrogen) atoms. The fraction of sp³-hybridized carbons (Fsp3) is 0.375. The van der Waals surface area contributed by atoms with Crippen molar-refractivity contribution in [3.63, 3.8) is 0 Å². The van der Waals surface area contributed by atoms with Gasteiger partial charge in [0.05, 0.1) is 30.9 Å². The Labute approximate surface area is 254 Å². The van der Waals surface area contributed by atoms with Gasteiger partial charge in [-0.05, 0) is 99.8 Å². The van der Waals surface area contributed by atoms with Crippen molar-refractivity contribution in [3.05, 3.63) is 82.8 Å². The zero-order valence-corrected chi connectivity index (χ0v) is 25.1. The van der Waals surface area contributed by atoms with Crippen molar-refractivity contribution in [1.82, 2.24) is 30.8 Å². The Bertz CT molecular complexity index is 1460. The van der Waals surface area contributed by atoms with Gasteiger partial charge in [0.2, 0.25) is 0 Å². The Kier molecular flexibility index (Phi) is 9.34. The minimum atomic E-state index is 0.0193. The van der Waals surface area contributed by atoms with Crippen LogP contribution in [0.2, 0.25) is 0 Å². The first kappa shape index (κ1) is 28.7. The first-order chi connectivity index (χ1) is 20.6. The number of thiophene rings is 2. The fourth-order valence-corrected chi connectivity index (χ4v) is 7.58. The third-order valence-corrected chi connectivity index (χ3v) is 10.3. The molecule has 10 heteroatoms. The second-order valence-electron chi connectivity index (χ2n) is 11.0. The number of amides is 2. The van der Waals surface area contributed by atoms with Crippen LogP contribution < -0.4 is 16.0 Å². The lowest BCUT2D eigenvalue weighted by molar-refractivity contribution is 0.0622. The van der Waals surface area contributed by atoms with Crippen LogP contribution in [0, 0.1) is 5.92 Å². The number of carbonyl (C=O) groups excluding carboxylic acids is 2. The van der Waals surface area contributed by atoms with Crippen LogP contribution in [0.15, 0.2) is 73.1 Å². The molecule has 2 bridgehead atoms. The van der Waals surface area contributed by atoms with Gasteiger partial charge in [0.25, 0.3) is 11.8 Å². The molecule has 0 spiro atoms. The summed E-state index contributed by atoms with van der Waals surface area (Å²) in [6.45, 7) is 5.31. The number of fused-ring (bicyclic) bond motifs is 3. The van der Waals surface area contributed by atoms with Gasteiger partial charge in [0, 0.05) is 37.6 Å². The largest absolute Gasteiger partial charge is 0.347 e. The second-order valence-corrected chi connectivity index (χ2v) is 13.2. The third kappa shape index (κ3) is 7.12. The molecule has 0 unspecified atom stereocenters. The average Bonchev–Trinajstić information content (AvgIpc) is 3.75. The molecular formula is C32H36N6O2S2. The van der Waals surface area contributed by atoms with Gasteiger partial charge in [0.15, 0.2) is 0 Å². The number of nitrogens with zero attached hydrogens (tertiary/aromatic N) is 3. The van der Waals surface area contributed by atoms with E-state index in [-0.39, 0.29) is 17.9 Å². The highest BCUT2D eigenvalue weighted by atomic mass is 32.1. The molecule has 2 atom stereocenters. The van der Waals surface area contributed by atoms with E-state index in [1.165, 1.54) is 48.6 Å². The standard InChI is InChI=1S/C17H19N3OS.C15H17N3OS/c21-17(19-14-11-20-9-6-12(14)7-10-20)16-5-4-15(22-16)13-3-1-2-8-18-13;19-15(18-11-4-3-8-16-10-11)14-7-6-13(20-14)12-5-1-2-9-17-12/h1-5,8,12,14H,6-7,9-11H2,(H,19,21);1-2,5-7,9,11,16H,3-4,8,10H2,(H,18,19)/t14-;11-/m01/s1. The quantitative estimate of drug-likeness (QED) is 0.291. The van der Waals surface area contributed by atoms with Crippen LogP contribution in [-0.4, -0.2) is 71.5 Å². The summed E-state index contributed by atoms with van der Waals surface area (Å²) in [4.78, 5) is 39.4. The van der Waals surface area contributed by atoms with E-state index in [1.54, 1.807) is 12.4 Å². The molecule has 4 aromatic rings. The van der Waals surface area contributed by atoms with Crippen molar-refractivity contribution in [3.8, 4) is 21.1 Å². The predicted molar refractivity (Wildman–Crippen MR) is 169 cm³/mol. The van der Waals surface area contributed by atoms with Gasteiger partial charge in [-0.1, -0.05) is 12.1 Å². The van der Waals surface area contributed by atoms with Crippen molar-refractivity contribution in [2.45, 2.75) is 37.8 Å². The smallest absolute Gasteiger partial charge is 0.261 e. The molecule has 4 aliphatic rings. The molecular weight excluding hydrogens is 565 g/mol. The number of aromatic nitrogens is 2. The van der Waals surface area contributed by atoms with Crippen molar-refractivity contribution >= 4 is 34.5 Å². The van der Waals surface area contributed by atoms with Crippen LogP contribution in [0.25, 0.3) is 21.1 Å². The molecule has 4 saturated heterocycles. The molecule has 0 saturated carbocycles. The summed E-state index contributed by atoms with van der Waals surface area (Å²) >= 11 is 3.00. The van der Waals surface area contributed by atoms with Crippen LogP contribution in [-0.2, 0) is 0 Å². The van der Waals surface area contributed by atoms with E-state index in [0.717, 1.165) is 63.4 Å². The summed E-state index contributed by atoms with van der Waals surface area (Å²) < 4.78 is 0. The molecule has 2 amide bonds. The number of hydrogen-bond donors (Lipinski definition) is 3. The third-order valence-electron chi connectivity index (χ3n) is 8.10. The number of pyridine rings is 2. The van der Waals surface area contributed by atoms with E-state index in [0.29, 0.717) is 12.0 Å². The summed E-state index contributed by atoms with van der Waals surface area (Å²) in [5.41, 5.74) is 1.84. The van der Waals surface area contributed by atoms with Gasteiger partial charge in [0.1, 0.15) is 0 Å². The van der Waals surface area contributed by atoms with E-state index in [4.69, 9.17) is 0 Å². The minimum absolute atomic E-state index is 0.0193. The van der Waals surface area contributed by atoms with Gasteiger partial charge >= 0.3 is 0 Å². The van der Waals surface area contributed by atoms with Crippen molar-refractivity contribution < 1.29 is 9.59 Å². The van der Waals surface area contributed by atoms with Crippen molar-refractivity contribution in [2.75, 3.05) is 32.7 Å². The van der Waals surface area contributed by atoms with Gasteiger partial charge in [-0.15, -0.1) is 22.7 Å². The molecule has 0 radical (unpaired) electrons. The Hall–Kier alpha value is -3.44. The maximum absolute atomic E-state index is 12.5. The maximum Gasteiger partial charge on any atom is 0.261 e. The Morgan fingerprint density at radius 3 is 1.90 bits per heavy atom. The average molecular weight is 601 g/mol. The fourth-order valence-electron chi connectivity index (χ4n) is 5.81. The predicted octanol–water partition coefficient (Wildman–Crippen LogP) is 4.93. The second kappa shape index (κ2) is 13.7. The van der Waals surface area contributed by atoms with Crippen LogP contribution in [0.5, 0.6) is 0 Å². The van der Waals surface area contributed by atoms with Crippen LogP contribution in [0.1, 0.15) is 45.0 Å². The normalized spacial score (nSPS) is 23.0. The lowest BCUT2D eigenvalue weighted by Crippen LogP contribution is -2.57. The first-order valence-corrected chi connectivity index (χ1v) is 16.3.